The van der Waals surface area contributed by atoms with Gasteiger partial charge in [-0.05, 0) is 72.6 Å². The molecule has 9 nitrogen and oxygen atoms in total. The van der Waals surface area contributed by atoms with Crippen molar-refractivity contribution in [1.29, 1.82) is 0 Å². The summed E-state index contributed by atoms with van der Waals surface area (Å²) in [7, 11) is -4.63. The highest BCUT2D eigenvalue weighted by atomic mass is 32.2. The number of nitrogens with zero attached hydrogens (tertiary/aromatic N) is 1. The molecule has 2 atom stereocenters. The van der Waals surface area contributed by atoms with E-state index in [1.165, 1.54) is 13.0 Å². The highest BCUT2D eigenvalue weighted by molar-refractivity contribution is 7.89. The zero-order valence-corrected chi connectivity index (χ0v) is 27.7. The van der Waals surface area contributed by atoms with E-state index in [9.17, 15) is 23.4 Å². The Morgan fingerprint density at radius 3 is 2.20 bits per heavy atom. The second-order valence-corrected chi connectivity index (χ2v) is 19.5. The van der Waals surface area contributed by atoms with Crippen LogP contribution in [-0.2, 0) is 27.4 Å². The van der Waals surface area contributed by atoms with Crippen LogP contribution in [0.5, 0.6) is 5.75 Å². The molecule has 0 aliphatic rings. The van der Waals surface area contributed by atoms with Gasteiger partial charge in [0.15, 0.2) is 8.32 Å². The zero-order valence-electron chi connectivity index (χ0n) is 25.9. The molecule has 0 saturated carbocycles. The lowest BCUT2D eigenvalue weighted by Crippen LogP contribution is -2.55. The molecule has 2 aromatic carbocycles. The predicted octanol–water partition coefficient (Wildman–Crippen LogP) is 5.84. The molecule has 0 heterocycles. The number of aliphatic hydroxyl groups excluding tert-OH is 1. The maximum absolute atomic E-state index is 14.1. The first kappa shape index (κ1) is 34.8. The quantitative estimate of drug-likeness (QED) is 0.182. The first-order valence-corrected chi connectivity index (χ1v) is 18.2. The zero-order chi connectivity index (χ0) is 31.2. The second kappa shape index (κ2) is 13.7. The summed E-state index contributed by atoms with van der Waals surface area (Å²) in [6, 6.07) is 13.5. The molecule has 41 heavy (non-hydrogen) atoms. The molecule has 3 N–H and O–H groups in total. The van der Waals surface area contributed by atoms with Crippen LogP contribution in [0.1, 0.15) is 59.1 Å². The van der Waals surface area contributed by atoms with Crippen LogP contribution in [0.4, 0.5) is 4.79 Å². The Kier molecular flexibility index (Phi) is 11.6. The van der Waals surface area contributed by atoms with Crippen LogP contribution in [0, 0.1) is 5.41 Å². The molecular weight excluding hydrogens is 560 g/mol. The molecule has 0 unspecified atom stereocenters. The number of amides is 1. The van der Waals surface area contributed by atoms with Crippen LogP contribution >= 0.6 is 0 Å². The summed E-state index contributed by atoms with van der Waals surface area (Å²) in [6.07, 6.45) is -2.87. The van der Waals surface area contributed by atoms with Gasteiger partial charge >= 0.3 is 6.09 Å². The van der Waals surface area contributed by atoms with Gasteiger partial charge in [0.25, 0.3) is 0 Å². The summed E-state index contributed by atoms with van der Waals surface area (Å²) in [6.45, 7) is 17.1. The van der Waals surface area contributed by atoms with Crippen molar-refractivity contribution in [3.05, 3.63) is 59.7 Å². The lowest BCUT2D eigenvalue weighted by atomic mass is 9.83. The Balaban J connectivity index is 2.44. The largest absolute Gasteiger partial charge is 0.496 e. The van der Waals surface area contributed by atoms with Crippen molar-refractivity contribution in [1.82, 2.24) is 9.62 Å². The summed E-state index contributed by atoms with van der Waals surface area (Å²) in [4.78, 5) is 11.5. The summed E-state index contributed by atoms with van der Waals surface area (Å²) < 4.78 is 41.1. The molecule has 2 rings (SSSR count). The van der Waals surface area contributed by atoms with E-state index in [0.29, 0.717) is 29.9 Å². The summed E-state index contributed by atoms with van der Waals surface area (Å²) >= 11 is 0. The standard InChI is InChI=1S/C30H48N2O7SSi/c1-22(33)27(31-28(34)35)32(21-23-13-11-10-12-14-23)40(36,37)25-15-16-26(38-7)24(19-25)20-30(5,6)17-18-39-41(8,9)29(2,3)4/h10-16,19,22,27,31,33H,17-18,20-21H2,1-9H3,(H,34,35)/t22-,27+/m1/s1. The van der Waals surface area contributed by atoms with Crippen molar-refractivity contribution in [3.63, 3.8) is 0 Å². The van der Waals surface area contributed by atoms with Gasteiger partial charge in [-0.3, -0.25) is 0 Å². The molecule has 230 valence electrons. The van der Waals surface area contributed by atoms with Gasteiger partial charge in [0, 0.05) is 13.2 Å². The third-order valence-electron chi connectivity index (χ3n) is 7.80. The van der Waals surface area contributed by atoms with Gasteiger partial charge in [-0.1, -0.05) is 65.0 Å². The number of hydrogen-bond acceptors (Lipinski definition) is 6. The molecule has 0 aromatic heterocycles. The fraction of sp³-hybridized carbons (Fsp3) is 0.567. The third-order valence-corrected chi connectivity index (χ3v) is 14.2. The van der Waals surface area contributed by atoms with Crippen molar-refractivity contribution in [2.24, 2.45) is 5.41 Å². The van der Waals surface area contributed by atoms with E-state index >= 15 is 0 Å². The van der Waals surface area contributed by atoms with Crippen molar-refractivity contribution in [2.45, 2.75) is 96.2 Å². The van der Waals surface area contributed by atoms with E-state index in [4.69, 9.17) is 9.16 Å². The Morgan fingerprint density at radius 2 is 1.68 bits per heavy atom. The Hall–Kier alpha value is -2.44. The van der Waals surface area contributed by atoms with E-state index in [1.807, 2.05) is 0 Å². The molecule has 2 aromatic rings. The molecule has 0 bridgehead atoms. The minimum Gasteiger partial charge on any atom is -0.496 e. The number of hydrogen-bond donors (Lipinski definition) is 3. The molecule has 0 aliphatic carbocycles. The smallest absolute Gasteiger partial charge is 0.406 e. The van der Waals surface area contributed by atoms with Crippen LogP contribution in [-0.4, -0.2) is 63.3 Å². The normalized spacial score (nSPS) is 14.5. The lowest BCUT2D eigenvalue weighted by molar-refractivity contribution is 0.0785. The van der Waals surface area contributed by atoms with Crippen LogP contribution < -0.4 is 10.1 Å². The molecule has 0 saturated heterocycles. The Labute approximate surface area is 247 Å². The molecule has 0 aliphatic heterocycles. The molecule has 0 spiro atoms. The summed E-state index contributed by atoms with van der Waals surface area (Å²) in [5, 5.41) is 22.1. The highest BCUT2D eigenvalue weighted by Crippen LogP contribution is 2.38. The van der Waals surface area contributed by atoms with Crippen molar-refractivity contribution < 1.29 is 32.6 Å². The number of ether oxygens (including phenoxy) is 1. The second-order valence-electron chi connectivity index (χ2n) is 12.8. The van der Waals surface area contributed by atoms with Gasteiger partial charge in [-0.15, -0.1) is 0 Å². The number of carbonyl (C=O) groups is 1. The number of rotatable bonds is 14. The van der Waals surface area contributed by atoms with Crippen LogP contribution in [0.3, 0.4) is 0 Å². The Bertz CT molecular complexity index is 1260. The van der Waals surface area contributed by atoms with Gasteiger partial charge in [0.1, 0.15) is 11.9 Å². The van der Waals surface area contributed by atoms with E-state index in [-0.39, 0.29) is 21.9 Å². The van der Waals surface area contributed by atoms with E-state index < -0.39 is 36.7 Å². The van der Waals surface area contributed by atoms with Gasteiger partial charge in [-0.25, -0.2) is 13.2 Å². The number of nitrogens with one attached hydrogen (secondary N) is 1. The average Bonchev–Trinajstić information content (AvgIpc) is 2.85. The van der Waals surface area contributed by atoms with Crippen molar-refractivity contribution in [3.8, 4) is 5.75 Å². The van der Waals surface area contributed by atoms with Gasteiger partial charge < -0.3 is 24.7 Å². The monoisotopic (exact) mass is 608 g/mol. The Morgan fingerprint density at radius 1 is 1.07 bits per heavy atom. The van der Waals surface area contributed by atoms with Crippen LogP contribution in [0.2, 0.25) is 18.1 Å². The van der Waals surface area contributed by atoms with Crippen LogP contribution in [0.15, 0.2) is 53.4 Å². The van der Waals surface area contributed by atoms with Gasteiger partial charge in [-0.2, -0.15) is 4.31 Å². The number of carboxylic acid groups (broad SMARTS) is 1. The first-order chi connectivity index (χ1) is 18.8. The molecule has 0 radical (unpaired) electrons. The summed E-state index contributed by atoms with van der Waals surface area (Å²) in [5.74, 6) is 0.563. The van der Waals surface area contributed by atoms with Gasteiger partial charge in [0.05, 0.1) is 18.1 Å². The first-order valence-electron chi connectivity index (χ1n) is 13.8. The van der Waals surface area contributed by atoms with Crippen LogP contribution in [0.25, 0.3) is 0 Å². The van der Waals surface area contributed by atoms with E-state index in [0.717, 1.165) is 10.7 Å². The maximum Gasteiger partial charge on any atom is 0.406 e. The fourth-order valence-corrected chi connectivity index (χ4v) is 6.94. The highest BCUT2D eigenvalue weighted by Gasteiger charge is 2.38. The summed E-state index contributed by atoms with van der Waals surface area (Å²) in [5.41, 5.74) is 1.13. The number of sulfonamides is 1. The minimum atomic E-state index is -4.27. The minimum absolute atomic E-state index is 0.0182. The SMILES string of the molecule is COc1ccc(S(=O)(=O)N(Cc2ccccc2)[C@H](NC(=O)O)[C@@H](C)O)cc1CC(C)(C)CCO[Si](C)(C)C(C)(C)C. The molecule has 0 fully saturated rings. The topological polar surface area (TPSA) is 125 Å². The van der Waals surface area contributed by atoms with Crippen molar-refractivity contribution >= 4 is 24.4 Å². The van der Waals surface area contributed by atoms with E-state index in [1.54, 1.807) is 49.6 Å². The van der Waals surface area contributed by atoms with Gasteiger partial charge in [0.2, 0.25) is 10.0 Å². The molecular formula is C30H48N2O7SSi. The molecule has 1 amide bonds. The average molecular weight is 609 g/mol. The molecule has 11 heteroatoms. The lowest BCUT2D eigenvalue weighted by Gasteiger charge is -2.37. The van der Waals surface area contributed by atoms with E-state index in [2.05, 4.69) is 53.0 Å². The third kappa shape index (κ3) is 9.54. The number of aliphatic hydroxyl groups is 1. The fourth-order valence-electron chi connectivity index (χ4n) is 4.25. The number of benzene rings is 2. The predicted molar refractivity (Wildman–Crippen MR) is 164 cm³/mol. The number of methoxy groups -OCH3 is 1. The van der Waals surface area contributed by atoms with Crippen molar-refractivity contribution in [2.75, 3.05) is 13.7 Å². The maximum atomic E-state index is 14.1.